The molecule has 0 radical (unpaired) electrons. The number of aromatic amines is 1. The number of fused-ring (bicyclic) bond motifs is 1. The first-order valence-electron chi connectivity index (χ1n) is 11.9. The number of hydrogen-bond acceptors (Lipinski definition) is 5. The fourth-order valence-corrected chi connectivity index (χ4v) is 3.85. The van der Waals surface area contributed by atoms with Gasteiger partial charge in [-0.25, -0.2) is 4.79 Å². The zero-order valence-electron chi connectivity index (χ0n) is 20.8. The van der Waals surface area contributed by atoms with Gasteiger partial charge in [0.1, 0.15) is 12.1 Å². The molecule has 1 aromatic heterocycles. The van der Waals surface area contributed by atoms with Crippen LogP contribution in [-0.2, 0) is 25.6 Å². The Hall–Kier alpha value is -3.40. The number of carbonyl (C=O) groups excluding carboxylic acids is 3. The minimum absolute atomic E-state index is 0.0665. The lowest BCUT2D eigenvalue weighted by Crippen LogP contribution is -2.54. The molecule has 3 unspecified atom stereocenters. The van der Waals surface area contributed by atoms with Crippen LogP contribution in [0.1, 0.15) is 46.1 Å². The third kappa shape index (κ3) is 8.71. The maximum Gasteiger partial charge on any atom is 0.326 e. The van der Waals surface area contributed by atoms with Crippen molar-refractivity contribution in [2.24, 2.45) is 17.6 Å². The highest BCUT2D eigenvalue weighted by molar-refractivity contribution is 5.93. The Morgan fingerprint density at radius 1 is 0.943 bits per heavy atom. The normalized spacial score (nSPS) is 13.9. The highest BCUT2D eigenvalue weighted by Gasteiger charge is 2.27. The summed E-state index contributed by atoms with van der Waals surface area (Å²) in [4.78, 5) is 52.5. The molecule has 0 aliphatic carbocycles. The van der Waals surface area contributed by atoms with E-state index in [1.54, 1.807) is 6.20 Å². The molecule has 3 atom stereocenters. The predicted molar refractivity (Wildman–Crippen MR) is 133 cm³/mol. The Balaban J connectivity index is 2.11. The van der Waals surface area contributed by atoms with Crippen LogP contribution in [0.5, 0.6) is 0 Å². The monoisotopic (exact) mass is 487 g/mol. The number of nitrogens with two attached hydrogens (primary N) is 1. The highest BCUT2D eigenvalue weighted by Crippen LogP contribution is 2.19. The zero-order chi connectivity index (χ0) is 26.1. The Labute approximate surface area is 205 Å². The van der Waals surface area contributed by atoms with Gasteiger partial charge in [0, 0.05) is 23.5 Å². The molecule has 10 nitrogen and oxygen atoms in total. The first kappa shape index (κ1) is 27.8. The van der Waals surface area contributed by atoms with Gasteiger partial charge in [-0.1, -0.05) is 45.9 Å². The molecule has 10 heteroatoms. The van der Waals surface area contributed by atoms with E-state index in [4.69, 9.17) is 5.73 Å². The van der Waals surface area contributed by atoms with E-state index >= 15 is 0 Å². The van der Waals surface area contributed by atoms with Gasteiger partial charge in [0.2, 0.25) is 17.7 Å². The number of nitrogens with one attached hydrogen (secondary N) is 4. The summed E-state index contributed by atoms with van der Waals surface area (Å²) in [6.07, 6.45) is 2.69. The standard InChI is InChI=1S/C25H37N5O5/c1-14(2)9-18(26)23(32)30-20(11-16-12-27-19-8-6-5-7-17(16)19)24(33)28-13-22(31)29-21(25(34)35)10-15(3)4/h5-8,12,14-15,18,20-21,27H,9-11,13,26H2,1-4H3,(H,28,33)(H,29,31)(H,30,32)(H,34,35). The minimum Gasteiger partial charge on any atom is -0.480 e. The molecule has 0 bridgehead atoms. The van der Waals surface area contributed by atoms with Gasteiger partial charge in [-0.2, -0.15) is 0 Å². The molecule has 0 saturated carbocycles. The van der Waals surface area contributed by atoms with Crippen LogP contribution in [0.25, 0.3) is 10.9 Å². The van der Waals surface area contributed by atoms with Gasteiger partial charge < -0.3 is 31.8 Å². The van der Waals surface area contributed by atoms with Gasteiger partial charge in [-0.05, 0) is 36.3 Å². The Morgan fingerprint density at radius 2 is 1.60 bits per heavy atom. The summed E-state index contributed by atoms with van der Waals surface area (Å²) < 4.78 is 0. The molecule has 3 amide bonds. The summed E-state index contributed by atoms with van der Waals surface area (Å²) in [5, 5.41) is 17.9. The fraction of sp³-hybridized carbons (Fsp3) is 0.520. The van der Waals surface area contributed by atoms with Gasteiger partial charge in [0.05, 0.1) is 12.6 Å². The average molecular weight is 488 g/mol. The summed E-state index contributed by atoms with van der Waals surface area (Å²) in [6.45, 7) is 7.19. The summed E-state index contributed by atoms with van der Waals surface area (Å²) in [5.74, 6) is -2.51. The molecule has 35 heavy (non-hydrogen) atoms. The average Bonchev–Trinajstić information content (AvgIpc) is 3.18. The van der Waals surface area contributed by atoms with E-state index in [2.05, 4.69) is 20.9 Å². The number of rotatable bonds is 13. The first-order valence-corrected chi connectivity index (χ1v) is 11.9. The maximum absolute atomic E-state index is 13.0. The number of benzene rings is 1. The van der Waals surface area contributed by atoms with E-state index in [9.17, 15) is 24.3 Å². The van der Waals surface area contributed by atoms with Crippen molar-refractivity contribution in [1.29, 1.82) is 0 Å². The van der Waals surface area contributed by atoms with E-state index in [-0.39, 0.29) is 24.7 Å². The molecule has 0 saturated heterocycles. The second kappa shape index (κ2) is 12.9. The van der Waals surface area contributed by atoms with Crippen LogP contribution in [0.3, 0.4) is 0 Å². The number of hydrogen-bond donors (Lipinski definition) is 6. The Bertz CT molecular complexity index is 1030. The quantitative estimate of drug-likeness (QED) is 0.249. The van der Waals surface area contributed by atoms with Crippen LogP contribution in [-0.4, -0.2) is 58.5 Å². The van der Waals surface area contributed by atoms with Crippen LogP contribution in [0.2, 0.25) is 0 Å². The highest BCUT2D eigenvalue weighted by atomic mass is 16.4. The van der Waals surface area contributed by atoms with Gasteiger partial charge in [0.15, 0.2) is 0 Å². The van der Waals surface area contributed by atoms with Crippen LogP contribution in [0.15, 0.2) is 30.5 Å². The number of amides is 3. The largest absolute Gasteiger partial charge is 0.480 e. The molecular weight excluding hydrogens is 450 g/mol. The number of para-hydroxylation sites is 1. The second-order valence-corrected chi connectivity index (χ2v) is 9.67. The number of carboxylic acid groups (broad SMARTS) is 1. The predicted octanol–water partition coefficient (Wildman–Crippen LogP) is 1.30. The zero-order valence-corrected chi connectivity index (χ0v) is 20.8. The van der Waals surface area contributed by atoms with Crippen LogP contribution >= 0.6 is 0 Å². The SMILES string of the molecule is CC(C)CC(N)C(=O)NC(Cc1c[nH]c2ccccc12)C(=O)NCC(=O)NC(CC(C)C)C(=O)O. The lowest BCUT2D eigenvalue weighted by Gasteiger charge is -2.22. The van der Waals surface area contributed by atoms with Crippen molar-refractivity contribution in [2.75, 3.05) is 6.54 Å². The number of aliphatic carboxylic acids is 1. The number of H-pyrrole nitrogens is 1. The van der Waals surface area contributed by atoms with Crippen molar-refractivity contribution in [1.82, 2.24) is 20.9 Å². The topological polar surface area (TPSA) is 166 Å². The Kier molecular flexibility index (Phi) is 10.3. The van der Waals surface area contributed by atoms with Crippen LogP contribution in [0, 0.1) is 11.8 Å². The van der Waals surface area contributed by atoms with Crippen molar-refractivity contribution >= 4 is 34.6 Å². The third-order valence-corrected chi connectivity index (χ3v) is 5.56. The van der Waals surface area contributed by atoms with Gasteiger partial charge in [-0.3, -0.25) is 14.4 Å². The molecule has 7 N–H and O–H groups in total. The molecule has 1 aromatic carbocycles. The first-order chi connectivity index (χ1) is 16.5. The van der Waals surface area contributed by atoms with Crippen molar-refractivity contribution in [2.45, 2.75) is 65.1 Å². The van der Waals surface area contributed by atoms with E-state index in [0.29, 0.717) is 6.42 Å². The summed E-state index contributed by atoms with van der Waals surface area (Å²) in [6, 6.07) is 4.80. The summed E-state index contributed by atoms with van der Waals surface area (Å²) >= 11 is 0. The van der Waals surface area contributed by atoms with Crippen LogP contribution in [0.4, 0.5) is 0 Å². The maximum atomic E-state index is 13.0. The second-order valence-electron chi connectivity index (χ2n) is 9.67. The van der Waals surface area contributed by atoms with E-state index in [0.717, 1.165) is 16.5 Å². The molecule has 0 spiro atoms. The lowest BCUT2D eigenvalue weighted by molar-refractivity contribution is -0.142. The molecule has 0 aliphatic heterocycles. The van der Waals surface area contributed by atoms with E-state index in [1.807, 2.05) is 52.0 Å². The van der Waals surface area contributed by atoms with Crippen LogP contribution < -0.4 is 21.7 Å². The molecule has 2 rings (SSSR count). The number of carboxylic acids is 1. The molecule has 1 heterocycles. The lowest BCUT2D eigenvalue weighted by atomic mass is 10.0. The molecule has 2 aromatic rings. The summed E-state index contributed by atoms with van der Waals surface area (Å²) in [7, 11) is 0. The molecular formula is C25H37N5O5. The van der Waals surface area contributed by atoms with Crippen molar-refractivity contribution in [3.8, 4) is 0 Å². The van der Waals surface area contributed by atoms with Gasteiger partial charge >= 0.3 is 5.97 Å². The number of aromatic nitrogens is 1. The van der Waals surface area contributed by atoms with Crippen molar-refractivity contribution in [3.05, 3.63) is 36.0 Å². The van der Waals surface area contributed by atoms with Crippen molar-refractivity contribution in [3.63, 3.8) is 0 Å². The fourth-order valence-electron chi connectivity index (χ4n) is 3.85. The van der Waals surface area contributed by atoms with Gasteiger partial charge in [-0.15, -0.1) is 0 Å². The summed E-state index contributed by atoms with van der Waals surface area (Å²) in [5.41, 5.74) is 7.73. The molecule has 0 fully saturated rings. The van der Waals surface area contributed by atoms with E-state index in [1.165, 1.54) is 0 Å². The Morgan fingerprint density at radius 3 is 2.23 bits per heavy atom. The smallest absolute Gasteiger partial charge is 0.326 e. The molecule has 192 valence electrons. The van der Waals surface area contributed by atoms with Crippen molar-refractivity contribution < 1.29 is 24.3 Å². The number of carbonyl (C=O) groups is 4. The molecule has 0 aliphatic rings. The minimum atomic E-state index is -1.14. The van der Waals surface area contributed by atoms with Gasteiger partial charge in [0.25, 0.3) is 0 Å². The third-order valence-electron chi connectivity index (χ3n) is 5.56. The van der Waals surface area contributed by atoms with E-state index < -0.39 is 48.4 Å².